The molecule has 0 bridgehead atoms. The van der Waals surface area contributed by atoms with Gasteiger partial charge in [0.15, 0.2) is 0 Å². The summed E-state index contributed by atoms with van der Waals surface area (Å²) >= 11 is 0. The molecule has 2 aromatic rings. The second-order valence-corrected chi connectivity index (χ2v) is 6.32. The second-order valence-electron chi connectivity index (χ2n) is 6.32. The van der Waals surface area contributed by atoms with Gasteiger partial charge in [0.25, 0.3) is 0 Å². The fraction of sp³-hybridized carbons (Fsp3) is 0.471. The van der Waals surface area contributed by atoms with Crippen molar-refractivity contribution in [1.82, 2.24) is 9.88 Å². The van der Waals surface area contributed by atoms with E-state index >= 15 is 0 Å². The van der Waals surface area contributed by atoms with E-state index in [1.807, 2.05) is 12.3 Å². The largest absolute Gasteiger partial charge is 0.444 e. The van der Waals surface area contributed by atoms with Gasteiger partial charge in [0, 0.05) is 18.5 Å². The van der Waals surface area contributed by atoms with E-state index in [4.69, 9.17) is 4.42 Å². The molecule has 0 unspecified atom stereocenters. The highest BCUT2D eigenvalue weighted by Gasteiger charge is 2.34. The van der Waals surface area contributed by atoms with E-state index in [9.17, 15) is 9.50 Å². The predicted molar refractivity (Wildman–Crippen MR) is 78.7 cm³/mol. The number of rotatable bonds is 4. The molecule has 1 aromatic carbocycles. The quantitative estimate of drug-likeness (QED) is 0.943. The predicted octanol–water partition coefficient (Wildman–Crippen LogP) is 3.00. The van der Waals surface area contributed by atoms with Gasteiger partial charge in [0.1, 0.15) is 11.6 Å². The monoisotopic (exact) mass is 302 g/mol. The van der Waals surface area contributed by atoms with E-state index in [0.717, 1.165) is 11.3 Å². The lowest BCUT2D eigenvalue weighted by molar-refractivity contribution is 0.166. The molecule has 4 nitrogen and oxygen atoms in total. The van der Waals surface area contributed by atoms with Gasteiger partial charge in [0.2, 0.25) is 5.89 Å². The minimum absolute atomic E-state index is 0.00183. The zero-order valence-electron chi connectivity index (χ0n) is 12.3. The van der Waals surface area contributed by atoms with Crippen LogP contribution >= 0.6 is 0 Å². The standard InChI is InChI=1S/C17H19FN2O2/c18-13-3-1-2-12(6-13)15-7-14(21)9-20(15)10-17-19-8-16(22-17)11-4-5-11/h1-3,6,8,11,14-15,21H,4-5,7,9-10H2/t14-,15+/m0/s1. The van der Waals surface area contributed by atoms with E-state index in [-0.39, 0.29) is 11.9 Å². The van der Waals surface area contributed by atoms with Gasteiger partial charge in [-0.2, -0.15) is 0 Å². The zero-order valence-corrected chi connectivity index (χ0v) is 12.3. The first-order chi connectivity index (χ1) is 10.7. The van der Waals surface area contributed by atoms with Crippen LogP contribution in [0.3, 0.4) is 0 Å². The third-order valence-electron chi connectivity index (χ3n) is 4.50. The first-order valence-electron chi connectivity index (χ1n) is 7.81. The Morgan fingerprint density at radius 1 is 1.36 bits per heavy atom. The Kier molecular flexibility index (Phi) is 3.47. The van der Waals surface area contributed by atoms with Gasteiger partial charge in [-0.15, -0.1) is 0 Å². The number of halogens is 1. The van der Waals surface area contributed by atoms with Gasteiger partial charge in [-0.05, 0) is 37.0 Å². The Bertz CT molecular complexity index is 668. The average molecular weight is 302 g/mol. The molecule has 2 atom stereocenters. The molecule has 5 heteroatoms. The fourth-order valence-corrected chi connectivity index (χ4v) is 3.24. The van der Waals surface area contributed by atoms with Crippen molar-refractivity contribution in [1.29, 1.82) is 0 Å². The molecule has 2 aliphatic rings. The summed E-state index contributed by atoms with van der Waals surface area (Å²) in [5.41, 5.74) is 0.894. The Morgan fingerprint density at radius 2 is 2.23 bits per heavy atom. The molecule has 1 N–H and O–H groups in total. The Morgan fingerprint density at radius 3 is 3.00 bits per heavy atom. The lowest BCUT2D eigenvalue weighted by Gasteiger charge is -2.23. The van der Waals surface area contributed by atoms with Crippen LogP contribution < -0.4 is 0 Å². The number of oxazole rings is 1. The SMILES string of the molecule is O[C@H]1C[C@H](c2cccc(F)c2)N(Cc2ncc(C3CC3)o2)C1. The minimum Gasteiger partial charge on any atom is -0.444 e. The molecule has 1 aromatic heterocycles. The number of nitrogens with zero attached hydrogens (tertiary/aromatic N) is 2. The summed E-state index contributed by atoms with van der Waals surface area (Å²) in [6.45, 7) is 1.10. The summed E-state index contributed by atoms with van der Waals surface area (Å²) in [5.74, 6) is 1.95. The minimum atomic E-state index is -0.397. The fourth-order valence-electron chi connectivity index (χ4n) is 3.24. The maximum atomic E-state index is 13.5. The molecule has 0 amide bonds. The molecule has 22 heavy (non-hydrogen) atoms. The van der Waals surface area contributed by atoms with Gasteiger partial charge >= 0.3 is 0 Å². The van der Waals surface area contributed by atoms with E-state index in [1.165, 1.54) is 18.9 Å². The molecule has 2 heterocycles. The van der Waals surface area contributed by atoms with E-state index < -0.39 is 6.10 Å². The zero-order chi connectivity index (χ0) is 15.1. The van der Waals surface area contributed by atoms with Crippen LogP contribution in [0.1, 0.15) is 48.4 Å². The summed E-state index contributed by atoms with van der Waals surface area (Å²) in [5, 5.41) is 10.00. The molecule has 4 rings (SSSR count). The van der Waals surface area contributed by atoms with E-state index in [1.54, 1.807) is 12.1 Å². The molecule has 116 valence electrons. The molecule has 1 aliphatic heterocycles. The number of hydrogen-bond acceptors (Lipinski definition) is 4. The third-order valence-corrected chi connectivity index (χ3v) is 4.50. The lowest BCUT2D eigenvalue weighted by Crippen LogP contribution is -2.24. The van der Waals surface area contributed by atoms with Crippen LogP contribution in [0.15, 0.2) is 34.9 Å². The maximum Gasteiger partial charge on any atom is 0.208 e. The summed E-state index contributed by atoms with van der Waals surface area (Å²) in [6.07, 6.45) is 4.40. The number of benzene rings is 1. The van der Waals surface area contributed by atoms with Crippen molar-refractivity contribution in [3.63, 3.8) is 0 Å². The Balaban J connectivity index is 1.53. The van der Waals surface area contributed by atoms with Crippen LogP contribution in [0.4, 0.5) is 4.39 Å². The number of aromatic nitrogens is 1. The smallest absolute Gasteiger partial charge is 0.208 e. The first-order valence-corrected chi connectivity index (χ1v) is 7.81. The van der Waals surface area contributed by atoms with Crippen molar-refractivity contribution in [2.45, 2.75) is 43.9 Å². The van der Waals surface area contributed by atoms with Gasteiger partial charge in [-0.3, -0.25) is 4.90 Å². The molecule has 0 radical (unpaired) electrons. The first kappa shape index (κ1) is 13.9. The van der Waals surface area contributed by atoms with Crippen LogP contribution in [0.5, 0.6) is 0 Å². The Hall–Kier alpha value is -1.72. The number of aliphatic hydroxyl groups is 1. The topological polar surface area (TPSA) is 49.5 Å². The molecule has 0 spiro atoms. The van der Waals surface area contributed by atoms with Crippen LogP contribution in [-0.4, -0.2) is 27.6 Å². The van der Waals surface area contributed by atoms with Crippen molar-refractivity contribution in [2.24, 2.45) is 0 Å². The lowest BCUT2D eigenvalue weighted by atomic mass is 10.0. The molecule has 1 aliphatic carbocycles. The van der Waals surface area contributed by atoms with Gasteiger partial charge in [-0.25, -0.2) is 9.37 Å². The summed E-state index contributed by atoms with van der Waals surface area (Å²) in [4.78, 5) is 6.46. The van der Waals surface area contributed by atoms with E-state index in [0.29, 0.717) is 31.3 Å². The summed E-state index contributed by atoms with van der Waals surface area (Å²) in [6, 6.07) is 6.60. The van der Waals surface area contributed by atoms with Crippen LogP contribution in [0.2, 0.25) is 0 Å². The molecular weight excluding hydrogens is 283 g/mol. The second kappa shape index (κ2) is 5.48. The summed E-state index contributed by atoms with van der Waals surface area (Å²) < 4.78 is 19.3. The number of hydrogen-bond donors (Lipinski definition) is 1. The van der Waals surface area contributed by atoms with Crippen molar-refractivity contribution in [2.75, 3.05) is 6.54 Å². The Labute approximate surface area is 128 Å². The third kappa shape index (κ3) is 2.78. The van der Waals surface area contributed by atoms with Crippen molar-refractivity contribution >= 4 is 0 Å². The van der Waals surface area contributed by atoms with Gasteiger partial charge < -0.3 is 9.52 Å². The van der Waals surface area contributed by atoms with Crippen molar-refractivity contribution in [3.8, 4) is 0 Å². The van der Waals surface area contributed by atoms with Crippen LogP contribution in [0, 0.1) is 5.82 Å². The number of likely N-dealkylation sites (tertiary alicyclic amines) is 1. The maximum absolute atomic E-state index is 13.5. The molecule has 1 saturated heterocycles. The van der Waals surface area contributed by atoms with Crippen LogP contribution in [0.25, 0.3) is 0 Å². The van der Waals surface area contributed by atoms with Crippen molar-refractivity contribution < 1.29 is 13.9 Å². The summed E-state index contributed by atoms with van der Waals surface area (Å²) in [7, 11) is 0. The van der Waals surface area contributed by atoms with Gasteiger partial charge in [-0.1, -0.05) is 12.1 Å². The molecule has 2 fully saturated rings. The molecular formula is C17H19FN2O2. The van der Waals surface area contributed by atoms with E-state index in [2.05, 4.69) is 9.88 Å². The highest BCUT2D eigenvalue weighted by atomic mass is 19.1. The highest BCUT2D eigenvalue weighted by molar-refractivity contribution is 5.22. The van der Waals surface area contributed by atoms with Gasteiger partial charge in [0.05, 0.1) is 18.8 Å². The normalized spacial score (nSPS) is 25.7. The van der Waals surface area contributed by atoms with Crippen molar-refractivity contribution in [3.05, 3.63) is 53.5 Å². The number of aliphatic hydroxyl groups excluding tert-OH is 1. The van der Waals surface area contributed by atoms with Crippen LogP contribution in [-0.2, 0) is 6.54 Å². The highest BCUT2D eigenvalue weighted by Crippen LogP contribution is 2.40. The number of β-amino-alcohol motifs (C(OH)–C–C–N with tert-alkyl or cyclic N) is 1. The molecule has 1 saturated carbocycles. The average Bonchev–Trinajstić information content (AvgIpc) is 3.13.